The number of carboxylic acid groups (broad SMARTS) is 1. The van der Waals surface area contributed by atoms with Gasteiger partial charge in [-0.05, 0) is 12.5 Å². The van der Waals surface area contributed by atoms with Crippen molar-refractivity contribution < 1.29 is 14.6 Å². The van der Waals surface area contributed by atoms with Gasteiger partial charge in [-0.1, -0.05) is 0 Å². The zero-order valence-corrected chi connectivity index (χ0v) is 8.76. The first-order chi connectivity index (χ1) is 7.66. The zero-order chi connectivity index (χ0) is 11.5. The van der Waals surface area contributed by atoms with E-state index < -0.39 is 5.97 Å². The van der Waals surface area contributed by atoms with Crippen molar-refractivity contribution in [1.82, 2.24) is 4.57 Å². The Balaban J connectivity index is 2.21. The third kappa shape index (κ3) is 2.30. The summed E-state index contributed by atoms with van der Waals surface area (Å²) in [6.07, 6.45) is 2.31. The van der Waals surface area contributed by atoms with Crippen molar-refractivity contribution in [3.05, 3.63) is 34.2 Å². The molecule has 86 valence electrons. The highest BCUT2D eigenvalue weighted by Crippen LogP contribution is 2.13. The van der Waals surface area contributed by atoms with Gasteiger partial charge in [0.25, 0.3) is 5.56 Å². The van der Waals surface area contributed by atoms with Gasteiger partial charge < -0.3 is 14.4 Å². The lowest BCUT2D eigenvalue weighted by molar-refractivity contribution is 0.0695. The molecule has 1 aliphatic rings. The van der Waals surface area contributed by atoms with E-state index in [4.69, 9.17) is 9.84 Å². The first-order valence-corrected chi connectivity index (χ1v) is 5.18. The number of carbonyl (C=O) groups is 1. The number of nitrogens with zero attached hydrogens (tertiary/aromatic N) is 1. The quantitative estimate of drug-likeness (QED) is 0.814. The van der Waals surface area contributed by atoms with Crippen LogP contribution in [0.3, 0.4) is 0 Å². The second kappa shape index (κ2) is 4.49. The molecule has 5 nitrogen and oxygen atoms in total. The Bertz CT molecular complexity index is 446. The monoisotopic (exact) mass is 223 g/mol. The minimum absolute atomic E-state index is 0.138. The summed E-state index contributed by atoms with van der Waals surface area (Å²) < 4.78 is 6.66. The van der Waals surface area contributed by atoms with Crippen molar-refractivity contribution in [2.75, 3.05) is 13.2 Å². The van der Waals surface area contributed by atoms with E-state index >= 15 is 0 Å². The summed E-state index contributed by atoms with van der Waals surface area (Å²) in [7, 11) is 0. The van der Waals surface area contributed by atoms with Crippen LogP contribution >= 0.6 is 0 Å². The first-order valence-electron chi connectivity index (χ1n) is 5.18. The fraction of sp³-hybridized carbons (Fsp3) is 0.455. The molecule has 16 heavy (non-hydrogen) atoms. The van der Waals surface area contributed by atoms with Gasteiger partial charge in [0.2, 0.25) is 0 Å². The van der Waals surface area contributed by atoms with Crippen molar-refractivity contribution in [2.24, 2.45) is 5.92 Å². The molecular weight excluding hydrogens is 210 g/mol. The fourth-order valence-electron chi connectivity index (χ4n) is 1.81. The van der Waals surface area contributed by atoms with Crippen LogP contribution in [0.1, 0.15) is 16.8 Å². The molecule has 0 radical (unpaired) electrons. The summed E-state index contributed by atoms with van der Waals surface area (Å²) in [5, 5.41) is 8.82. The summed E-state index contributed by atoms with van der Waals surface area (Å²) in [6.45, 7) is 1.89. The molecule has 0 spiro atoms. The lowest BCUT2D eigenvalue weighted by Crippen LogP contribution is -2.24. The molecular formula is C11H13NO4. The average Bonchev–Trinajstić information content (AvgIpc) is 2.73. The van der Waals surface area contributed by atoms with Crippen molar-refractivity contribution in [2.45, 2.75) is 13.0 Å². The smallest absolute Gasteiger partial charge is 0.337 e. The molecule has 2 heterocycles. The second-order valence-electron chi connectivity index (χ2n) is 3.94. The Morgan fingerprint density at radius 2 is 2.38 bits per heavy atom. The van der Waals surface area contributed by atoms with Crippen LogP contribution < -0.4 is 5.56 Å². The molecule has 1 fully saturated rings. The highest BCUT2D eigenvalue weighted by Gasteiger charge is 2.17. The van der Waals surface area contributed by atoms with E-state index in [1.165, 1.54) is 22.9 Å². The molecule has 0 aliphatic carbocycles. The lowest BCUT2D eigenvalue weighted by Gasteiger charge is -2.10. The topological polar surface area (TPSA) is 68.5 Å². The molecule has 1 unspecified atom stereocenters. The van der Waals surface area contributed by atoms with Crippen LogP contribution in [0.2, 0.25) is 0 Å². The number of ether oxygens (including phenoxy) is 1. The molecule has 1 aromatic heterocycles. The van der Waals surface area contributed by atoms with Gasteiger partial charge >= 0.3 is 5.97 Å². The predicted molar refractivity (Wildman–Crippen MR) is 56.6 cm³/mol. The van der Waals surface area contributed by atoms with Crippen LogP contribution in [0.15, 0.2) is 23.1 Å². The number of hydrogen-bond donors (Lipinski definition) is 1. The number of rotatable bonds is 3. The molecule has 1 aromatic rings. The van der Waals surface area contributed by atoms with Crippen LogP contribution in [-0.2, 0) is 11.3 Å². The standard InChI is InChI=1S/C11H13NO4/c13-10-2-1-9(11(14)15)6-12(10)5-8-3-4-16-7-8/h1-2,6,8H,3-5,7H2,(H,14,15). The number of aromatic carboxylic acids is 1. The molecule has 5 heteroatoms. The summed E-state index contributed by atoms with van der Waals surface area (Å²) in [5.41, 5.74) is -0.0320. The van der Waals surface area contributed by atoms with Gasteiger partial charge in [-0.25, -0.2) is 4.79 Å². The summed E-state index contributed by atoms with van der Waals surface area (Å²) in [5.74, 6) is -0.710. The SMILES string of the molecule is O=C(O)c1ccc(=O)n(CC2CCOC2)c1. The fourth-order valence-corrected chi connectivity index (χ4v) is 1.81. The van der Waals surface area contributed by atoms with E-state index in [1.807, 2.05) is 0 Å². The third-order valence-corrected chi connectivity index (χ3v) is 2.71. The summed E-state index contributed by atoms with van der Waals surface area (Å²) in [6, 6.07) is 2.62. The Labute approximate surface area is 92.3 Å². The van der Waals surface area contributed by atoms with Crippen molar-refractivity contribution in [1.29, 1.82) is 0 Å². The minimum Gasteiger partial charge on any atom is -0.478 e. The lowest BCUT2D eigenvalue weighted by atomic mass is 10.1. The normalized spacial score (nSPS) is 19.9. The van der Waals surface area contributed by atoms with Gasteiger partial charge in [0.05, 0.1) is 12.2 Å². The molecule has 1 N–H and O–H groups in total. The summed E-state index contributed by atoms with van der Waals surface area (Å²) >= 11 is 0. The van der Waals surface area contributed by atoms with Gasteiger partial charge in [-0.3, -0.25) is 4.79 Å². The Hall–Kier alpha value is -1.62. The Kier molecular flexibility index (Phi) is 3.05. The van der Waals surface area contributed by atoms with Gasteiger partial charge in [0.15, 0.2) is 0 Å². The van der Waals surface area contributed by atoms with Gasteiger partial charge in [0, 0.05) is 31.3 Å². The van der Waals surface area contributed by atoms with E-state index in [0.717, 1.165) is 13.0 Å². The van der Waals surface area contributed by atoms with E-state index in [0.29, 0.717) is 19.1 Å². The third-order valence-electron chi connectivity index (χ3n) is 2.71. The number of pyridine rings is 1. The predicted octanol–water partition coefficient (Wildman–Crippen LogP) is 0.583. The van der Waals surface area contributed by atoms with Crippen LogP contribution in [0, 0.1) is 5.92 Å². The average molecular weight is 223 g/mol. The van der Waals surface area contributed by atoms with E-state index in [1.54, 1.807) is 0 Å². The van der Waals surface area contributed by atoms with Crippen LogP contribution in [0.4, 0.5) is 0 Å². The van der Waals surface area contributed by atoms with Crippen molar-refractivity contribution in [3.8, 4) is 0 Å². The summed E-state index contributed by atoms with van der Waals surface area (Å²) in [4.78, 5) is 22.3. The highest BCUT2D eigenvalue weighted by molar-refractivity contribution is 5.87. The van der Waals surface area contributed by atoms with Gasteiger partial charge in [-0.2, -0.15) is 0 Å². The minimum atomic E-state index is -1.02. The molecule has 2 rings (SSSR count). The molecule has 1 saturated heterocycles. The number of hydrogen-bond acceptors (Lipinski definition) is 3. The Morgan fingerprint density at radius 3 is 3.00 bits per heavy atom. The van der Waals surface area contributed by atoms with Crippen molar-refractivity contribution >= 4 is 5.97 Å². The molecule has 0 amide bonds. The van der Waals surface area contributed by atoms with E-state index in [9.17, 15) is 9.59 Å². The molecule has 0 saturated carbocycles. The van der Waals surface area contributed by atoms with Gasteiger partial charge in [-0.15, -0.1) is 0 Å². The van der Waals surface area contributed by atoms with E-state index in [-0.39, 0.29) is 11.1 Å². The maximum absolute atomic E-state index is 11.5. The Morgan fingerprint density at radius 1 is 1.56 bits per heavy atom. The van der Waals surface area contributed by atoms with Crippen molar-refractivity contribution in [3.63, 3.8) is 0 Å². The van der Waals surface area contributed by atoms with Crippen LogP contribution in [0.25, 0.3) is 0 Å². The van der Waals surface area contributed by atoms with Crippen LogP contribution in [0.5, 0.6) is 0 Å². The largest absolute Gasteiger partial charge is 0.478 e. The zero-order valence-electron chi connectivity index (χ0n) is 8.76. The highest BCUT2D eigenvalue weighted by atomic mass is 16.5. The molecule has 0 bridgehead atoms. The molecule has 1 aliphatic heterocycles. The van der Waals surface area contributed by atoms with Gasteiger partial charge in [0.1, 0.15) is 0 Å². The first kappa shape index (κ1) is 10.9. The second-order valence-corrected chi connectivity index (χ2v) is 3.94. The number of aromatic nitrogens is 1. The molecule has 0 aromatic carbocycles. The maximum atomic E-state index is 11.5. The number of carboxylic acids is 1. The molecule has 1 atom stereocenters. The maximum Gasteiger partial charge on any atom is 0.337 e. The van der Waals surface area contributed by atoms with Crippen LogP contribution in [-0.4, -0.2) is 28.9 Å². The van der Waals surface area contributed by atoms with E-state index in [2.05, 4.69) is 0 Å².